The van der Waals surface area contributed by atoms with Crippen molar-refractivity contribution in [2.45, 2.75) is 0 Å². The molecule has 0 fully saturated rings. The molecule has 0 unspecified atom stereocenters. The fraction of sp³-hybridized carbons (Fsp3) is 0. The molecule has 0 aliphatic heterocycles. The molecule has 0 spiro atoms. The molecule has 0 atom stereocenters. The van der Waals surface area contributed by atoms with E-state index in [-0.39, 0.29) is 0 Å². The standard InChI is InChI=1S/C43H27N5O/c1-5-13-28(14-6-1)34-25-35-39-40(49-43(35)44-27-34)38(47-42(48-39)33-19-11-4-12-20-33)31-23-21-30(22-24-31)37-26-36(29-15-7-2-8-16-29)45-41(46-37)32-17-9-3-10-18-32/h1-27H. The molecule has 0 radical (unpaired) electrons. The molecule has 9 aromatic rings. The molecule has 0 N–H and O–H groups in total. The number of hydrogen-bond donors (Lipinski definition) is 0. The molecular formula is C43H27N5O. The van der Waals surface area contributed by atoms with E-state index in [9.17, 15) is 0 Å². The van der Waals surface area contributed by atoms with E-state index in [1.807, 2.05) is 109 Å². The van der Waals surface area contributed by atoms with E-state index in [2.05, 4.69) is 54.6 Å². The fourth-order valence-electron chi connectivity index (χ4n) is 6.10. The number of pyridine rings is 1. The molecule has 0 aliphatic carbocycles. The second-order valence-electron chi connectivity index (χ2n) is 11.8. The van der Waals surface area contributed by atoms with Gasteiger partial charge in [0.05, 0.1) is 16.8 Å². The first-order valence-corrected chi connectivity index (χ1v) is 16.1. The Hall–Kier alpha value is -6.79. The van der Waals surface area contributed by atoms with Gasteiger partial charge in [-0.3, -0.25) is 0 Å². The molecule has 0 amide bonds. The highest BCUT2D eigenvalue weighted by atomic mass is 16.3. The van der Waals surface area contributed by atoms with E-state index >= 15 is 0 Å². The van der Waals surface area contributed by atoms with Crippen LogP contribution in [0.4, 0.5) is 0 Å². The molecule has 49 heavy (non-hydrogen) atoms. The van der Waals surface area contributed by atoms with E-state index in [1.54, 1.807) is 0 Å². The number of aromatic nitrogens is 5. The minimum Gasteiger partial charge on any atom is -0.434 e. The van der Waals surface area contributed by atoms with Gasteiger partial charge in [-0.15, -0.1) is 0 Å². The summed E-state index contributed by atoms with van der Waals surface area (Å²) in [6, 6.07) is 52.9. The summed E-state index contributed by atoms with van der Waals surface area (Å²) in [6.45, 7) is 0. The van der Waals surface area contributed by atoms with Gasteiger partial charge in [-0.1, -0.05) is 146 Å². The third kappa shape index (κ3) is 5.41. The van der Waals surface area contributed by atoms with Crippen molar-refractivity contribution >= 4 is 22.2 Å². The molecular weight excluding hydrogens is 603 g/mol. The van der Waals surface area contributed by atoms with Crippen LogP contribution in [-0.4, -0.2) is 24.9 Å². The SMILES string of the molecule is c1ccc(-c2cnc3oc4c(-c5ccc(-c6cc(-c7ccccc7)nc(-c7ccccc7)n6)cc5)nc(-c5ccccc5)nc4c3c2)cc1. The van der Waals surface area contributed by atoms with Crippen LogP contribution in [0.5, 0.6) is 0 Å². The molecule has 4 aromatic heterocycles. The zero-order chi connectivity index (χ0) is 32.6. The van der Waals surface area contributed by atoms with Gasteiger partial charge in [0, 0.05) is 39.6 Å². The lowest BCUT2D eigenvalue weighted by Crippen LogP contribution is -1.96. The highest BCUT2D eigenvalue weighted by Gasteiger charge is 2.20. The lowest BCUT2D eigenvalue weighted by atomic mass is 10.0. The first-order valence-electron chi connectivity index (χ1n) is 16.1. The van der Waals surface area contributed by atoms with E-state index in [1.165, 1.54) is 0 Å². The first-order chi connectivity index (χ1) is 24.3. The second kappa shape index (κ2) is 12.1. The Morgan fingerprint density at radius 2 is 0.878 bits per heavy atom. The average molecular weight is 630 g/mol. The van der Waals surface area contributed by atoms with Gasteiger partial charge in [0.25, 0.3) is 0 Å². The molecule has 0 saturated heterocycles. The first kappa shape index (κ1) is 28.4. The van der Waals surface area contributed by atoms with Crippen LogP contribution in [0.2, 0.25) is 0 Å². The summed E-state index contributed by atoms with van der Waals surface area (Å²) < 4.78 is 6.41. The van der Waals surface area contributed by atoms with Gasteiger partial charge >= 0.3 is 0 Å². The van der Waals surface area contributed by atoms with Gasteiger partial charge in [0.2, 0.25) is 5.71 Å². The summed E-state index contributed by atoms with van der Waals surface area (Å²) in [5.41, 5.74) is 11.1. The number of nitrogens with zero attached hydrogens (tertiary/aromatic N) is 5. The molecule has 230 valence electrons. The maximum absolute atomic E-state index is 6.41. The van der Waals surface area contributed by atoms with Crippen molar-refractivity contribution in [3.8, 4) is 67.7 Å². The largest absolute Gasteiger partial charge is 0.434 e. The molecule has 0 bridgehead atoms. The zero-order valence-electron chi connectivity index (χ0n) is 26.2. The van der Waals surface area contributed by atoms with Crippen LogP contribution in [-0.2, 0) is 0 Å². The smallest absolute Gasteiger partial charge is 0.229 e. The van der Waals surface area contributed by atoms with Crippen LogP contribution < -0.4 is 0 Å². The third-order valence-electron chi connectivity index (χ3n) is 8.59. The minimum atomic E-state index is 0.523. The molecule has 9 rings (SSSR count). The van der Waals surface area contributed by atoms with E-state index in [0.29, 0.717) is 28.6 Å². The maximum Gasteiger partial charge on any atom is 0.229 e. The number of furan rings is 1. The maximum atomic E-state index is 6.41. The predicted molar refractivity (Wildman–Crippen MR) is 195 cm³/mol. The Balaban J connectivity index is 1.19. The minimum absolute atomic E-state index is 0.523. The van der Waals surface area contributed by atoms with E-state index in [0.717, 1.165) is 61.2 Å². The van der Waals surface area contributed by atoms with Crippen LogP contribution >= 0.6 is 0 Å². The van der Waals surface area contributed by atoms with Gasteiger partial charge < -0.3 is 4.42 Å². The summed E-state index contributed by atoms with van der Waals surface area (Å²) in [5.74, 6) is 1.30. The van der Waals surface area contributed by atoms with Crippen molar-refractivity contribution < 1.29 is 4.42 Å². The van der Waals surface area contributed by atoms with Crippen LogP contribution in [0.3, 0.4) is 0 Å². The van der Waals surface area contributed by atoms with Gasteiger partial charge in [-0.25, -0.2) is 24.9 Å². The van der Waals surface area contributed by atoms with Gasteiger partial charge in [0.15, 0.2) is 17.2 Å². The Kier molecular flexibility index (Phi) is 7.02. The summed E-state index contributed by atoms with van der Waals surface area (Å²) in [5, 5.41) is 0.844. The highest BCUT2D eigenvalue weighted by molar-refractivity contribution is 6.07. The average Bonchev–Trinajstić information content (AvgIpc) is 3.57. The van der Waals surface area contributed by atoms with Crippen LogP contribution in [0, 0.1) is 0 Å². The molecule has 4 heterocycles. The van der Waals surface area contributed by atoms with Gasteiger partial charge in [-0.2, -0.15) is 0 Å². The molecule has 5 aromatic carbocycles. The lowest BCUT2D eigenvalue weighted by molar-refractivity contribution is 0.653. The quantitative estimate of drug-likeness (QED) is 0.182. The molecule has 6 nitrogen and oxygen atoms in total. The molecule has 0 saturated carbocycles. The van der Waals surface area contributed by atoms with Crippen molar-refractivity contribution in [2.75, 3.05) is 0 Å². The van der Waals surface area contributed by atoms with Crippen molar-refractivity contribution in [2.24, 2.45) is 0 Å². The highest BCUT2D eigenvalue weighted by Crippen LogP contribution is 2.37. The Labute approximate surface area is 282 Å². The van der Waals surface area contributed by atoms with Crippen LogP contribution in [0.25, 0.3) is 89.9 Å². The van der Waals surface area contributed by atoms with Crippen molar-refractivity contribution in [1.29, 1.82) is 0 Å². The summed E-state index contributed by atoms with van der Waals surface area (Å²) in [7, 11) is 0. The van der Waals surface area contributed by atoms with Crippen molar-refractivity contribution in [3.63, 3.8) is 0 Å². The molecule has 6 heteroatoms. The molecule has 0 aliphatic rings. The fourth-order valence-corrected chi connectivity index (χ4v) is 6.10. The topological polar surface area (TPSA) is 77.6 Å². The Morgan fingerprint density at radius 3 is 1.47 bits per heavy atom. The Bertz CT molecular complexity index is 2510. The van der Waals surface area contributed by atoms with Crippen molar-refractivity contribution in [1.82, 2.24) is 24.9 Å². The van der Waals surface area contributed by atoms with Crippen molar-refractivity contribution in [3.05, 3.63) is 164 Å². The zero-order valence-corrected chi connectivity index (χ0v) is 26.2. The normalized spacial score (nSPS) is 11.3. The van der Waals surface area contributed by atoms with Crippen LogP contribution in [0.15, 0.2) is 168 Å². The lowest BCUT2D eigenvalue weighted by Gasteiger charge is -2.10. The Morgan fingerprint density at radius 1 is 0.388 bits per heavy atom. The second-order valence-corrected chi connectivity index (χ2v) is 11.8. The number of rotatable bonds is 6. The van der Waals surface area contributed by atoms with Crippen LogP contribution in [0.1, 0.15) is 0 Å². The van der Waals surface area contributed by atoms with Gasteiger partial charge in [-0.05, 0) is 17.7 Å². The number of hydrogen-bond acceptors (Lipinski definition) is 6. The van der Waals surface area contributed by atoms with E-state index < -0.39 is 0 Å². The predicted octanol–water partition coefficient (Wildman–Crippen LogP) is 10.6. The summed E-state index contributed by atoms with van der Waals surface area (Å²) >= 11 is 0. The number of benzene rings is 5. The number of fused-ring (bicyclic) bond motifs is 3. The monoisotopic (exact) mass is 629 g/mol. The summed E-state index contributed by atoms with van der Waals surface area (Å²) in [4.78, 5) is 24.7. The third-order valence-corrected chi connectivity index (χ3v) is 8.59. The van der Waals surface area contributed by atoms with E-state index in [4.69, 9.17) is 29.3 Å². The van der Waals surface area contributed by atoms with Gasteiger partial charge in [0.1, 0.15) is 11.2 Å². The summed E-state index contributed by atoms with van der Waals surface area (Å²) in [6.07, 6.45) is 1.84.